The number of nitrogens with two attached hydrogens (primary N) is 2. The first kappa shape index (κ1) is 13.0. The van der Waals surface area contributed by atoms with Crippen molar-refractivity contribution in [1.29, 1.82) is 0 Å². The standard InChI is InChI=1S/C7H7F3N4O3/c8-7(9,10)17-5-3(2-11)1-4(14(15)16)13-6(5)12/h1H,2,11H2,(H2,12,13). The van der Waals surface area contributed by atoms with E-state index in [0.717, 1.165) is 6.07 Å². The normalized spacial score (nSPS) is 11.3. The predicted octanol–water partition coefficient (Wildman–Crippen LogP) is 0.929. The number of nitrogen functional groups attached to an aromatic ring is 1. The lowest BCUT2D eigenvalue weighted by molar-refractivity contribution is -0.389. The molecule has 0 bridgehead atoms. The molecule has 0 amide bonds. The van der Waals surface area contributed by atoms with E-state index in [0.29, 0.717) is 0 Å². The number of rotatable bonds is 3. The Morgan fingerprint density at radius 1 is 1.53 bits per heavy atom. The van der Waals surface area contributed by atoms with Crippen LogP contribution in [-0.4, -0.2) is 16.3 Å². The van der Waals surface area contributed by atoms with Crippen LogP contribution in [0, 0.1) is 10.1 Å². The summed E-state index contributed by atoms with van der Waals surface area (Å²) >= 11 is 0. The third-order valence-electron chi connectivity index (χ3n) is 1.69. The Balaban J connectivity index is 3.26. The predicted molar refractivity (Wildman–Crippen MR) is 49.9 cm³/mol. The fourth-order valence-electron chi connectivity index (χ4n) is 1.07. The Kier molecular flexibility index (Phi) is 3.36. The van der Waals surface area contributed by atoms with E-state index in [9.17, 15) is 23.3 Å². The van der Waals surface area contributed by atoms with Gasteiger partial charge in [0.15, 0.2) is 0 Å². The minimum atomic E-state index is -4.98. The Bertz CT molecular complexity index is 449. The largest absolute Gasteiger partial charge is 0.573 e. The zero-order valence-electron chi connectivity index (χ0n) is 8.19. The molecule has 7 nitrogen and oxygen atoms in total. The Morgan fingerprint density at radius 2 is 2.12 bits per heavy atom. The molecule has 0 unspecified atom stereocenters. The minimum Gasteiger partial charge on any atom is -0.399 e. The minimum absolute atomic E-state index is 0.249. The van der Waals surface area contributed by atoms with Crippen LogP contribution in [0.25, 0.3) is 0 Å². The van der Waals surface area contributed by atoms with E-state index in [1.807, 2.05) is 0 Å². The van der Waals surface area contributed by atoms with Crippen molar-refractivity contribution in [3.8, 4) is 5.75 Å². The monoisotopic (exact) mass is 252 g/mol. The molecule has 0 saturated carbocycles. The van der Waals surface area contributed by atoms with Crippen LogP contribution in [0.2, 0.25) is 0 Å². The van der Waals surface area contributed by atoms with E-state index in [2.05, 4.69) is 9.72 Å². The van der Waals surface area contributed by atoms with E-state index in [1.54, 1.807) is 0 Å². The van der Waals surface area contributed by atoms with E-state index >= 15 is 0 Å². The van der Waals surface area contributed by atoms with Crippen LogP contribution in [-0.2, 0) is 6.54 Å². The Morgan fingerprint density at radius 3 is 2.53 bits per heavy atom. The number of nitrogens with zero attached hydrogens (tertiary/aromatic N) is 2. The van der Waals surface area contributed by atoms with Crippen molar-refractivity contribution in [2.45, 2.75) is 12.9 Å². The second-order valence-corrected chi connectivity index (χ2v) is 2.86. The first-order chi connectivity index (χ1) is 7.74. The van der Waals surface area contributed by atoms with Crippen LogP contribution >= 0.6 is 0 Å². The molecular formula is C7H7F3N4O3. The van der Waals surface area contributed by atoms with E-state index in [4.69, 9.17) is 11.5 Å². The number of nitro groups is 1. The summed E-state index contributed by atoms with van der Waals surface area (Å²) < 4.78 is 39.6. The number of hydrogen-bond acceptors (Lipinski definition) is 6. The van der Waals surface area contributed by atoms with Crippen LogP contribution in [0.15, 0.2) is 6.07 Å². The zero-order valence-corrected chi connectivity index (χ0v) is 8.19. The molecule has 0 aliphatic heterocycles. The van der Waals surface area contributed by atoms with Crippen molar-refractivity contribution in [3.63, 3.8) is 0 Å². The number of aromatic nitrogens is 1. The molecule has 0 spiro atoms. The fourth-order valence-corrected chi connectivity index (χ4v) is 1.07. The molecular weight excluding hydrogens is 245 g/mol. The molecule has 1 aromatic rings. The summed E-state index contributed by atoms with van der Waals surface area (Å²) in [6.07, 6.45) is -4.98. The van der Waals surface area contributed by atoms with Gasteiger partial charge in [0.25, 0.3) is 5.82 Å². The highest BCUT2D eigenvalue weighted by molar-refractivity contribution is 5.55. The highest BCUT2D eigenvalue weighted by Gasteiger charge is 2.35. The van der Waals surface area contributed by atoms with E-state index in [1.165, 1.54) is 0 Å². The molecule has 0 fully saturated rings. The van der Waals surface area contributed by atoms with Crippen molar-refractivity contribution in [2.24, 2.45) is 5.73 Å². The van der Waals surface area contributed by atoms with Gasteiger partial charge in [0.1, 0.15) is 0 Å². The molecule has 0 atom stereocenters. The van der Waals surface area contributed by atoms with Crippen molar-refractivity contribution in [3.05, 3.63) is 21.7 Å². The molecule has 1 rings (SSSR count). The average Bonchev–Trinajstić information content (AvgIpc) is 2.18. The first-order valence-electron chi connectivity index (χ1n) is 4.14. The third-order valence-corrected chi connectivity index (χ3v) is 1.69. The molecule has 0 aliphatic rings. The number of anilines is 1. The summed E-state index contributed by atoms with van der Waals surface area (Å²) in [5.41, 5.74) is 10.1. The second-order valence-electron chi connectivity index (χ2n) is 2.86. The molecule has 1 heterocycles. The lowest BCUT2D eigenvalue weighted by Gasteiger charge is -2.11. The lowest BCUT2D eigenvalue weighted by Crippen LogP contribution is -2.20. The number of pyridine rings is 1. The van der Waals surface area contributed by atoms with Crippen LogP contribution in [0.5, 0.6) is 5.75 Å². The van der Waals surface area contributed by atoms with Gasteiger partial charge in [-0.25, -0.2) is 0 Å². The van der Waals surface area contributed by atoms with Crippen molar-refractivity contribution >= 4 is 11.6 Å². The summed E-state index contributed by atoms with van der Waals surface area (Å²) in [7, 11) is 0. The van der Waals surface area contributed by atoms with Gasteiger partial charge in [-0.2, -0.15) is 0 Å². The third kappa shape index (κ3) is 3.17. The van der Waals surface area contributed by atoms with Crippen molar-refractivity contribution < 1.29 is 22.8 Å². The quantitative estimate of drug-likeness (QED) is 0.610. The fraction of sp³-hybridized carbons (Fsp3) is 0.286. The molecule has 94 valence electrons. The number of hydrogen-bond donors (Lipinski definition) is 2. The van der Waals surface area contributed by atoms with E-state index in [-0.39, 0.29) is 5.56 Å². The van der Waals surface area contributed by atoms with Gasteiger partial charge < -0.3 is 26.3 Å². The highest BCUT2D eigenvalue weighted by Crippen LogP contribution is 2.32. The van der Waals surface area contributed by atoms with Gasteiger partial charge in [0.2, 0.25) is 5.75 Å². The zero-order chi connectivity index (χ0) is 13.2. The maximum Gasteiger partial charge on any atom is 0.573 e. The number of halogens is 3. The second kappa shape index (κ2) is 4.41. The summed E-state index contributed by atoms with van der Waals surface area (Å²) in [6, 6.07) is 0.775. The van der Waals surface area contributed by atoms with Crippen LogP contribution < -0.4 is 16.2 Å². The van der Waals surface area contributed by atoms with Gasteiger partial charge in [-0.1, -0.05) is 0 Å². The van der Waals surface area contributed by atoms with Gasteiger partial charge in [-0.15, -0.1) is 13.2 Å². The molecule has 0 aliphatic carbocycles. The molecule has 0 aromatic carbocycles. The topological polar surface area (TPSA) is 117 Å². The first-order valence-corrected chi connectivity index (χ1v) is 4.14. The van der Waals surface area contributed by atoms with Crippen LogP contribution in [0.3, 0.4) is 0 Å². The van der Waals surface area contributed by atoms with Crippen LogP contribution in [0.4, 0.5) is 24.8 Å². The SMILES string of the molecule is NCc1cc([N+](=O)[O-])nc(N)c1OC(F)(F)F. The molecule has 4 N–H and O–H groups in total. The summed E-state index contributed by atoms with van der Waals surface area (Å²) in [4.78, 5) is 12.7. The molecule has 17 heavy (non-hydrogen) atoms. The Labute approximate surface area is 92.3 Å². The molecule has 1 aromatic heterocycles. The molecule has 10 heteroatoms. The summed E-state index contributed by atoms with van der Waals surface area (Å²) in [5, 5.41) is 10.4. The highest BCUT2D eigenvalue weighted by atomic mass is 19.4. The number of ether oxygens (including phenoxy) is 1. The molecule has 0 saturated heterocycles. The van der Waals surface area contributed by atoms with Crippen molar-refractivity contribution in [1.82, 2.24) is 4.98 Å². The summed E-state index contributed by atoms with van der Waals surface area (Å²) in [6.45, 7) is -0.404. The lowest BCUT2D eigenvalue weighted by atomic mass is 10.2. The van der Waals surface area contributed by atoms with Crippen LogP contribution in [0.1, 0.15) is 5.56 Å². The maximum absolute atomic E-state index is 12.0. The van der Waals surface area contributed by atoms with Gasteiger partial charge in [0.05, 0.1) is 0 Å². The molecule has 0 radical (unpaired) electrons. The van der Waals surface area contributed by atoms with Crippen molar-refractivity contribution in [2.75, 3.05) is 5.73 Å². The maximum atomic E-state index is 12.0. The van der Waals surface area contributed by atoms with Gasteiger partial charge in [0, 0.05) is 18.2 Å². The van der Waals surface area contributed by atoms with Gasteiger partial charge in [-0.3, -0.25) is 0 Å². The Hall–Kier alpha value is -2.10. The average molecular weight is 252 g/mol. The summed E-state index contributed by atoms with van der Waals surface area (Å²) in [5.74, 6) is -2.25. The van der Waals surface area contributed by atoms with E-state index < -0.39 is 35.2 Å². The number of alkyl halides is 3. The smallest absolute Gasteiger partial charge is 0.399 e. The van der Waals surface area contributed by atoms with Gasteiger partial charge >= 0.3 is 12.2 Å². The van der Waals surface area contributed by atoms with Gasteiger partial charge in [-0.05, 0) is 9.91 Å².